The summed E-state index contributed by atoms with van der Waals surface area (Å²) in [6.07, 6.45) is 0.847. The molecule has 0 aliphatic heterocycles. The van der Waals surface area contributed by atoms with Crippen LogP contribution < -0.4 is 9.47 Å². The summed E-state index contributed by atoms with van der Waals surface area (Å²) in [4.78, 5) is 11.5. The molecular weight excluding hydrogens is 316 g/mol. The predicted octanol–water partition coefficient (Wildman–Crippen LogP) is 4.39. The van der Waals surface area contributed by atoms with Crippen LogP contribution >= 0.6 is 0 Å². The van der Waals surface area contributed by atoms with Gasteiger partial charge in [-0.25, -0.2) is 0 Å². The second kappa shape index (κ2) is 7.81. The lowest BCUT2D eigenvalue weighted by atomic mass is 10.0. The SMILES string of the molecule is COCc1cc(OC)c2c(OCc3ccccc3)ccc(C=O)c2c1. The molecule has 25 heavy (non-hydrogen) atoms. The number of hydrogen-bond acceptors (Lipinski definition) is 4. The van der Waals surface area contributed by atoms with E-state index >= 15 is 0 Å². The summed E-state index contributed by atoms with van der Waals surface area (Å²) in [6.45, 7) is 0.888. The van der Waals surface area contributed by atoms with E-state index in [-0.39, 0.29) is 0 Å². The zero-order valence-corrected chi connectivity index (χ0v) is 14.3. The van der Waals surface area contributed by atoms with Gasteiger partial charge in [-0.2, -0.15) is 0 Å². The topological polar surface area (TPSA) is 44.8 Å². The average Bonchev–Trinajstić information content (AvgIpc) is 2.66. The van der Waals surface area contributed by atoms with E-state index in [4.69, 9.17) is 14.2 Å². The van der Waals surface area contributed by atoms with E-state index in [0.717, 1.165) is 28.2 Å². The zero-order valence-electron chi connectivity index (χ0n) is 14.3. The fourth-order valence-electron chi connectivity index (χ4n) is 2.86. The van der Waals surface area contributed by atoms with Crippen molar-refractivity contribution in [3.05, 3.63) is 71.3 Å². The molecule has 3 rings (SSSR count). The Bertz CT molecular complexity index is 872. The summed E-state index contributed by atoms with van der Waals surface area (Å²) in [5.41, 5.74) is 2.61. The third kappa shape index (κ3) is 3.64. The molecule has 4 heteroatoms. The molecule has 0 unspecified atom stereocenters. The highest BCUT2D eigenvalue weighted by Gasteiger charge is 2.14. The molecule has 0 radical (unpaired) electrons. The van der Waals surface area contributed by atoms with Crippen LogP contribution in [0.2, 0.25) is 0 Å². The number of rotatable bonds is 7. The highest BCUT2D eigenvalue weighted by molar-refractivity contribution is 6.04. The van der Waals surface area contributed by atoms with Gasteiger partial charge in [0.15, 0.2) is 6.29 Å². The van der Waals surface area contributed by atoms with Crippen LogP contribution in [0.25, 0.3) is 10.8 Å². The highest BCUT2D eigenvalue weighted by atomic mass is 16.5. The van der Waals surface area contributed by atoms with Gasteiger partial charge in [0.2, 0.25) is 0 Å². The number of carbonyl (C=O) groups is 1. The van der Waals surface area contributed by atoms with Crippen LogP contribution in [-0.2, 0) is 18.0 Å². The van der Waals surface area contributed by atoms with Crippen LogP contribution in [0.4, 0.5) is 0 Å². The Morgan fingerprint density at radius 2 is 1.68 bits per heavy atom. The van der Waals surface area contributed by atoms with E-state index in [0.29, 0.717) is 30.3 Å². The number of hydrogen-bond donors (Lipinski definition) is 0. The lowest BCUT2D eigenvalue weighted by molar-refractivity contribution is 0.112. The number of fused-ring (bicyclic) bond motifs is 1. The van der Waals surface area contributed by atoms with Gasteiger partial charge in [-0.3, -0.25) is 4.79 Å². The quantitative estimate of drug-likeness (QED) is 0.600. The van der Waals surface area contributed by atoms with E-state index in [2.05, 4.69) is 0 Å². The number of aldehydes is 1. The molecule has 0 amide bonds. The molecule has 0 aromatic heterocycles. The Morgan fingerprint density at radius 3 is 2.36 bits per heavy atom. The Labute approximate surface area is 146 Å². The summed E-state index contributed by atoms with van der Waals surface area (Å²) >= 11 is 0. The van der Waals surface area contributed by atoms with Crippen LogP contribution in [0, 0.1) is 0 Å². The molecule has 0 atom stereocenters. The van der Waals surface area contributed by atoms with Crippen molar-refractivity contribution in [1.82, 2.24) is 0 Å². The summed E-state index contributed by atoms with van der Waals surface area (Å²) < 4.78 is 16.8. The first-order valence-electron chi connectivity index (χ1n) is 8.01. The van der Waals surface area contributed by atoms with Gasteiger partial charge < -0.3 is 14.2 Å². The zero-order chi connectivity index (χ0) is 17.6. The number of benzene rings is 3. The van der Waals surface area contributed by atoms with Crippen LogP contribution in [-0.4, -0.2) is 20.5 Å². The van der Waals surface area contributed by atoms with Gasteiger partial charge in [0.05, 0.1) is 19.1 Å². The number of ether oxygens (including phenoxy) is 3. The Hall–Kier alpha value is -2.85. The molecule has 0 heterocycles. The fraction of sp³-hybridized carbons (Fsp3) is 0.190. The number of methoxy groups -OCH3 is 2. The lowest BCUT2D eigenvalue weighted by Gasteiger charge is -2.15. The maximum Gasteiger partial charge on any atom is 0.150 e. The molecule has 128 valence electrons. The van der Waals surface area contributed by atoms with Crippen molar-refractivity contribution in [3.8, 4) is 11.5 Å². The molecule has 3 aromatic carbocycles. The summed E-state index contributed by atoms with van der Waals surface area (Å²) in [5.74, 6) is 1.35. The molecule has 0 spiro atoms. The third-order valence-corrected chi connectivity index (χ3v) is 4.03. The minimum absolute atomic E-state index is 0.444. The molecule has 3 aromatic rings. The molecule has 0 saturated carbocycles. The molecule has 0 saturated heterocycles. The normalized spacial score (nSPS) is 10.6. The standard InChI is InChI=1S/C21H20O4/c1-23-13-16-10-18-17(12-22)8-9-19(21(18)20(11-16)24-2)25-14-15-6-4-3-5-7-15/h3-12H,13-14H2,1-2H3. The predicted molar refractivity (Wildman–Crippen MR) is 97.4 cm³/mol. The van der Waals surface area contributed by atoms with Crippen LogP contribution in [0.5, 0.6) is 11.5 Å². The van der Waals surface area contributed by atoms with Crippen LogP contribution in [0.1, 0.15) is 21.5 Å². The summed E-state index contributed by atoms with van der Waals surface area (Å²) in [6, 6.07) is 17.4. The summed E-state index contributed by atoms with van der Waals surface area (Å²) in [5, 5.41) is 1.59. The molecule has 0 fully saturated rings. The molecule has 0 N–H and O–H groups in total. The maximum absolute atomic E-state index is 11.5. The van der Waals surface area contributed by atoms with Crippen molar-refractivity contribution in [2.24, 2.45) is 0 Å². The van der Waals surface area contributed by atoms with E-state index in [1.54, 1.807) is 20.3 Å². The van der Waals surface area contributed by atoms with Gasteiger partial charge in [-0.1, -0.05) is 30.3 Å². The third-order valence-electron chi connectivity index (χ3n) is 4.03. The van der Waals surface area contributed by atoms with Gasteiger partial charge >= 0.3 is 0 Å². The number of carbonyl (C=O) groups excluding carboxylic acids is 1. The van der Waals surface area contributed by atoms with E-state index in [1.807, 2.05) is 48.5 Å². The fourth-order valence-corrected chi connectivity index (χ4v) is 2.86. The van der Waals surface area contributed by atoms with E-state index in [1.165, 1.54) is 0 Å². The Kier molecular flexibility index (Phi) is 5.31. The first-order valence-corrected chi connectivity index (χ1v) is 8.01. The Morgan fingerprint density at radius 1 is 0.880 bits per heavy atom. The van der Waals surface area contributed by atoms with Crippen LogP contribution in [0.15, 0.2) is 54.6 Å². The van der Waals surface area contributed by atoms with Crippen LogP contribution in [0.3, 0.4) is 0 Å². The van der Waals surface area contributed by atoms with Crippen molar-refractivity contribution >= 4 is 17.1 Å². The molecule has 0 aliphatic carbocycles. The maximum atomic E-state index is 11.5. The second-order valence-electron chi connectivity index (χ2n) is 5.70. The second-order valence-corrected chi connectivity index (χ2v) is 5.70. The van der Waals surface area contributed by atoms with E-state index in [9.17, 15) is 4.79 Å². The van der Waals surface area contributed by atoms with Gasteiger partial charge in [-0.15, -0.1) is 0 Å². The monoisotopic (exact) mass is 336 g/mol. The van der Waals surface area contributed by atoms with Crippen molar-refractivity contribution < 1.29 is 19.0 Å². The first kappa shape index (κ1) is 17.0. The Balaban J connectivity index is 2.07. The van der Waals surface area contributed by atoms with Gasteiger partial charge in [0.1, 0.15) is 18.1 Å². The summed E-state index contributed by atoms with van der Waals surface area (Å²) in [7, 11) is 3.25. The van der Waals surface area contributed by atoms with Crippen molar-refractivity contribution in [2.75, 3.05) is 14.2 Å². The smallest absolute Gasteiger partial charge is 0.150 e. The van der Waals surface area contributed by atoms with E-state index < -0.39 is 0 Å². The minimum Gasteiger partial charge on any atom is -0.496 e. The molecule has 4 nitrogen and oxygen atoms in total. The van der Waals surface area contributed by atoms with Gasteiger partial charge in [-0.05, 0) is 40.8 Å². The minimum atomic E-state index is 0.444. The molecular formula is C21H20O4. The highest BCUT2D eigenvalue weighted by Crippen LogP contribution is 2.37. The van der Waals surface area contributed by atoms with Gasteiger partial charge in [0.25, 0.3) is 0 Å². The molecule has 0 bridgehead atoms. The largest absolute Gasteiger partial charge is 0.496 e. The first-order chi connectivity index (χ1) is 12.3. The molecule has 0 aliphatic rings. The average molecular weight is 336 g/mol. The van der Waals surface area contributed by atoms with Gasteiger partial charge in [0, 0.05) is 12.7 Å². The lowest BCUT2D eigenvalue weighted by Crippen LogP contribution is -1.99. The van der Waals surface area contributed by atoms with Crippen molar-refractivity contribution in [2.45, 2.75) is 13.2 Å². The van der Waals surface area contributed by atoms with Crippen molar-refractivity contribution in [3.63, 3.8) is 0 Å². The van der Waals surface area contributed by atoms with Crippen molar-refractivity contribution in [1.29, 1.82) is 0 Å².